The molecule has 1 aliphatic rings. The number of aliphatic hydroxyl groups is 1. The Kier molecular flexibility index (Phi) is 5.57. The zero-order valence-electron chi connectivity index (χ0n) is 18.6. The monoisotopic (exact) mass is 465 g/mol. The minimum atomic E-state index is -1.54. The van der Waals surface area contributed by atoms with Crippen molar-refractivity contribution < 1.29 is 18.3 Å². The number of aryl methyl sites for hydroxylation is 3. The summed E-state index contributed by atoms with van der Waals surface area (Å²) in [5, 5.41) is 15.0. The third-order valence-corrected chi connectivity index (χ3v) is 6.02. The van der Waals surface area contributed by atoms with Crippen LogP contribution in [0.2, 0.25) is 0 Å². The lowest BCUT2D eigenvalue weighted by Crippen LogP contribution is -2.30. The average molecular weight is 465 g/mol. The van der Waals surface area contributed by atoms with Gasteiger partial charge in [0.2, 0.25) is 0 Å². The summed E-state index contributed by atoms with van der Waals surface area (Å²) in [6, 6.07) is 7.82. The summed E-state index contributed by atoms with van der Waals surface area (Å²) in [7, 11) is 0. The molecule has 1 aliphatic heterocycles. The highest BCUT2D eigenvalue weighted by molar-refractivity contribution is 5.68. The molecule has 6 nitrogen and oxygen atoms in total. The molecular weight excluding hydrogens is 443 g/mol. The van der Waals surface area contributed by atoms with Crippen LogP contribution >= 0.6 is 0 Å². The van der Waals surface area contributed by atoms with Crippen molar-refractivity contribution in [3.05, 3.63) is 94.3 Å². The first-order chi connectivity index (χ1) is 16.3. The number of rotatable bonds is 4. The molecule has 0 saturated carbocycles. The predicted molar refractivity (Wildman–Crippen MR) is 121 cm³/mol. The summed E-state index contributed by atoms with van der Waals surface area (Å²) < 4.78 is 44.7. The molecule has 5 rings (SSSR count). The Balaban J connectivity index is 1.43. The van der Waals surface area contributed by atoms with E-state index in [9.17, 15) is 18.3 Å². The lowest BCUT2D eigenvalue weighted by atomic mass is 9.88. The lowest BCUT2D eigenvalue weighted by molar-refractivity contribution is 0.118. The van der Waals surface area contributed by atoms with Crippen molar-refractivity contribution in [2.45, 2.75) is 38.8 Å². The maximum Gasteiger partial charge on any atom is 0.194 e. The van der Waals surface area contributed by atoms with Crippen LogP contribution in [0.1, 0.15) is 46.4 Å². The van der Waals surface area contributed by atoms with Crippen molar-refractivity contribution in [3.8, 4) is 5.69 Å². The molecule has 0 bridgehead atoms. The molecule has 2 aromatic carbocycles. The first-order valence-corrected chi connectivity index (χ1v) is 10.9. The summed E-state index contributed by atoms with van der Waals surface area (Å²) in [4.78, 5) is 8.76. The highest BCUT2D eigenvalue weighted by atomic mass is 19.2. The maximum absolute atomic E-state index is 13.8. The first-order valence-electron chi connectivity index (χ1n) is 10.9. The third-order valence-electron chi connectivity index (χ3n) is 6.02. The van der Waals surface area contributed by atoms with Gasteiger partial charge >= 0.3 is 0 Å². The van der Waals surface area contributed by atoms with Crippen LogP contribution in [0.4, 0.5) is 13.2 Å². The number of benzene rings is 2. The second kappa shape index (κ2) is 8.57. The van der Waals surface area contributed by atoms with Crippen LogP contribution in [-0.4, -0.2) is 35.5 Å². The molecule has 0 saturated heterocycles. The van der Waals surface area contributed by atoms with Gasteiger partial charge in [-0.25, -0.2) is 27.8 Å². The quantitative estimate of drug-likeness (QED) is 0.449. The molecule has 1 unspecified atom stereocenters. The van der Waals surface area contributed by atoms with E-state index < -0.39 is 29.5 Å². The highest BCUT2D eigenvalue weighted by Crippen LogP contribution is 2.34. The summed E-state index contributed by atoms with van der Waals surface area (Å²) >= 11 is 0. The van der Waals surface area contributed by atoms with Crippen molar-refractivity contribution in [2.24, 2.45) is 0 Å². The highest BCUT2D eigenvalue weighted by Gasteiger charge is 2.33. The van der Waals surface area contributed by atoms with Crippen molar-refractivity contribution >= 4 is 12.2 Å². The Morgan fingerprint density at radius 2 is 1.82 bits per heavy atom. The zero-order valence-corrected chi connectivity index (χ0v) is 18.6. The van der Waals surface area contributed by atoms with E-state index in [2.05, 4.69) is 15.1 Å². The average Bonchev–Trinajstić information content (AvgIpc) is 3.41. The van der Waals surface area contributed by atoms with E-state index in [-0.39, 0.29) is 5.56 Å². The molecule has 0 fully saturated rings. The van der Waals surface area contributed by atoms with Crippen LogP contribution in [-0.2, 0) is 6.54 Å². The third kappa shape index (κ3) is 4.03. The van der Waals surface area contributed by atoms with Crippen molar-refractivity contribution in [3.63, 3.8) is 0 Å². The van der Waals surface area contributed by atoms with Crippen molar-refractivity contribution in [1.82, 2.24) is 24.3 Å². The minimum absolute atomic E-state index is 0.119. The van der Waals surface area contributed by atoms with Gasteiger partial charge in [0, 0.05) is 18.4 Å². The topological polar surface area (TPSA) is 68.8 Å². The summed E-state index contributed by atoms with van der Waals surface area (Å²) in [6.45, 7) is 4.37. The SMILES string of the molecule is Cc1cn(-c2ccc(/C=C/c3nc4n(n3)CC[C@H](O)C4c3cc(F)c(F)c(F)c3)cc2C)cn1. The summed E-state index contributed by atoms with van der Waals surface area (Å²) in [6.07, 6.45) is 6.77. The summed E-state index contributed by atoms with van der Waals surface area (Å²) in [5.41, 5.74) is 4.11. The lowest BCUT2D eigenvalue weighted by Gasteiger charge is -2.27. The van der Waals surface area contributed by atoms with Gasteiger partial charge in [-0.2, -0.15) is 5.10 Å². The smallest absolute Gasteiger partial charge is 0.194 e. The van der Waals surface area contributed by atoms with E-state index >= 15 is 0 Å². The van der Waals surface area contributed by atoms with Crippen molar-refractivity contribution in [1.29, 1.82) is 0 Å². The normalized spacial score (nSPS) is 17.9. The Morgan fingerprint density at radius 3 is 2.50 bits per heavy atom. The number of hydrogen-bond acceptors (Lipinski definition) is 4. The number of aliphatic hydroxyl groups excluding tert-OH is 1. The van der Waals surface area contributed by atoms with Gasteiger partial charge in [0.05, 0.1) is 24.0 Å². The fraction of sp³-hybridized carbons (Fsp3) is 0.240. The number of nitrogens with zero attached hydrogens (tertiary/aromatic N) is 5. The van der Waals surface area contributed by atoms with Gasteiger partial charge in [-0.05, 0) is 67.3 Å². The van der Waals surface area contributed by atoms with Crippen LogP contribution in [0.15, 0.2) is 42.9 Å². The van der Waals surface area contributed by atoms with Gasteiger partial charge in [0.15, 0.2) is 23.3 Å². The standard InChI is InChI=1S/C25H22F3N5O/c1-14-9-16(3-5-20(14)32-12-15(2)29-13-32)4-6-22-30-25-23(21(34)7-8-33(25)31-22)17-10-18(26)24(28)19(27)11-17/h3-6,9-13,21,23,34H,7-8H2,1-2H3/b6-4+/t21-,23?/m0/s1. The molecule has 0 aliphatic carbocycles. The van der Waals surface area contributed by atoms with Gasteiger partial charge in [-0.3, -0.25) is 0 Å². The molecule has 0 amide bonds. The van der Waals surface area contributed by atoms with E-state index in [1.54, 1.807) is 17.1 Å². The van der Waals surface area contributed by atoms with Crippen LogP contribution in [0.3, 0.4) is 0 Å². The number of halogens is 3. The van der Waals surface area contributed by atoms with E-state index in [1.165, 1.54) is 0 Å². The zero-order chi connectivity index (χ0) is 24.0. The number of hydrogen-bond donors (Lipinski definition) is 1. The fourth-order valence-corrected chi connectivity index (χ4v) is 4.35. The van der Waals surface area contributed by atoms with Crippen LogP contribution in [0, 0.1) is 31.3 Å². The van der Waals surface area contributed by atoms with Crippen LogP contribution in [0.5, 0.6) is 0 Å². The molecule has 34 heavy (non-hydrogen) atoms. The Hall–Kier alpha value is -3.72. The van der Waals surface area contributed by atoms with E-state index in [0.717, 1.165) is 34.6 Å². The molecule has 2 atom stereocenters. The second-order valence-corrected chi connectivity index (χ2v) is 8.49. The van der Waals surface area contributed by atoms with Crippen molar-refractivity contribution in [2.75, 3.05) is 0 Å². The van der Waals surface area contributed by atoms with Gasteiger partial charge in [-0.15, -0.1) is 0 Å². The largest absolute Gasteiger partial charge is 0.392 e. The van der Waals surface area contributed by atoms with Crippen LogP contribution in [0.25, 0.3) is 17.8 Å². The van der Waals surface area contributed by atoms with Gasteiger partial charge < -0.3 is 9.67 Å². The Labute approximate surface area is 194 Å². The molecule has 1 N–H and O–H groups in total. The molecule has 3 heterocycles. The van der Waals surface area contributed by atoms with E-state index in [0.29, 0.717) is 24.6 Å². The molecule has 4 aromatic rings. The van der Waals surface area contributed by atoms with E-state index in [4.69, 9.17) is 0 Å². The molecule has 0 spiro atoms. The first kappa shape index (κ1) is 22.1. The molecular formula is C25H22F3N5O. The number of imidazole rings is 1. The maximum atomic E-state index is 13.8. The van der Waals surface area contributed by atoms with Gasteiger partial charge in [-0.1, -0.05) is 12.1 Å². The minimum Gasteiger partial charge on any atom is -0.392 e. The molecule has 2 aromatic heterocycles. The predicted octanol–water partition coefficient (Wildman–Crippen LogP) is 4.56. The Bertz CT molecular complexity index is 1380. The summed E-state index contributed by atoms with van der Waals surface area (Å²) in [5.74, 6) is -4.17. The van der Waals surface area contributed by atoms with Crippen LogP contribution < -0.4 is 0 Å². The van der Waals surface area contributed by atoms with Gasteiger partial charge in [0.1, 0.15) is 5.82 Å². The fourth-order valence-electron chi connectivity index (χ4n) is 4.35. The molecule has 174 valence electrons. The second-order valence-electron chi connectivity index (χ2n) is 8.49. The Morgan fingerprint density at radius 1 is 1.06 bits per heavy atom. The van der Waals surface area contributed by atoms with Gasteiger partial charge in [0.25, 0.3) is 0 Å². The molecule has 0 radical (unpaired) electrons. The molecule has 9 heteroatoms. The number of aromatic nitrogens is 5. The number of fused-ring (bicyclic) bond motifs is 1. The van der Waals surface area contributed by atoms with E-state index in [1.807, 2.05) is 48.9 Å².